The van der Waals surface area contributed by atoms with Gasteiger partial charge in [-0.1, -0.05) is 24.3 Å². The lowest BCUT2D eigenvalue weighted by Gasteiger charge is -2.27. The van der Waals surface area contributed by atoms with E-state index in [0.29, 0.717) is 6.42 Å². The van der Waals surface area contributed by atoms with Crippen LogP contribution in [-0.2, 0) is 4.79 Å². The van der Waals surface area contributed by atoms with Crippen molar-refractivity contribution >= 4 is 5.97 Å². The van der Waals surface area contributed by atoms with Gasteiger partial charge in [-0.3, -0.25) is 4.79 Å². The van der Waals surface area contributed by atoms with Crippen LogP contribution in [0.3, 0.4) is 0 Å². The van der Waals surface area contributed by atoms with Gasteiger partial charge < -0.3 is 4.74 Å². The van der Waals surface area contributed by atoms with Gasteiger partial charge in [0.1, 0.15) is 5.75 Å². The number of carbonyl (C=O) groups excluding carboxylic acids is 1. The molecule has 0 aromatic heterocycles. The molecule has 0 fully saturated rings. The number of hydrogen-bond donors (Lipinski definition) is 0. The molecule has 0 N–H and O–H groups in total. The van der Waals surface area contributed by atoms with Crippen LogP contribution in [0.15, 0.2) is 30.3 Å². The zero-order valence-electron chi connectivity index (χ0n) is 13.0. The van der Waals surface area contributed by atoms with Crippen molar-refractivity contribution in [1.29, 1.82) is 0 Å². The molecule has 2 aromatic rings. The Hall–Kier alpha value is -2.09. The second-order valence-electron chi connectivity index (χ2n) is 6.07. The first kappa shape index (κ1) is 13.9. The van der Waals surface area contributed by atoms with E-state index in [-0.39, 0.29) is 11.9 Å². The van der Waals surface area contributed by atoms with Crippen molar-refractivity contribution in [3.63, 3.8) is 0 Å². The first-order chi connectivity index (χ1) is 9.95. The molecule has 0 spiro atoms. The minimum absolute atomic E-state index is 0.0983. The van der Waals surface area contributed by atoms with Crippen LogP contribution >= 0.6 is 0 Å². The Labute approximate surface area is 125 Å². The zero-order chi connectivity index (χ0) is 15.1. The summed E-state index contributed by atoms with van der Waals surface area (Å²) < 4.78 is 5.46. The van der Waals surface area contributed by atoms with Gasteiger partial charge >= 0.3 is 5.97 Å². The molecule has 0 saturated heterocycles. The van der Waals surface area contributed by atoms with E-state index < -0.39 is 0 Å². The largest absolute Gasteiger partial charge is 0.426 e. The predicted octanol–water partition coefficient (Wildman–Crippen LogP) is 4.36. The fourth-order valence-electron chi connectivity index (χ4n) is 3.17. The van der Waals surface area contributed by atoms with Crippen LogP contribution in [0, 0.1) is 27.7 Å². The molecule has 2 nitrogen and oxygen atoms in total. The maximum atomic E-state index is 12.0. The fourth-order valence-corrected chi connectivity index (χ4v) is 3.17. The number of ether oxygens (including phenoxy) is 1. The molecule has 2 aromatic carbocycles. The van der Waals surface area contributed by atoms with Crippen LogP contribution in [0.4, 0.5) is 0 Å². The average Bonchev–Trinajstić information content (AvgIpc) is 2.40. The summed E-state index contributed by atoms with van der Waals surface area (Å²) in [4.78, 5) is 12.0. The van der Waals surface area contributed by atoms with Crippen LogP contribution in [0.2, 0.25) is 0 Å². The van der Waals surface area contributed by atoms with E-state index in [4.69, 9.17) is 4.74 Å². The van der Waals surface area contributed by atoms with Gasteiger partial charge in [-0.2, -0.15) is 0 Å². The van der Waals surface area contributed by atoms with Crippen molar-refractivity contribution in [2.45, 2.75) is 40.0 Å². The molecule has 1 atom stereocenters. The number of rotatable bonds is 1. The third-order valence-electron chi connectivity index (χ3n) is 4.37. The second kappa shape index (κ2) is 5.03. The Morgan fingerprint density at radius 2 is 1.71 bits per heavy atom. The highest BCUT2D eigenvalue weighted by molar-refractivity contribution is 5.78. The highest BCUT2D eigenvalue weighted by Crippen LogP contribution is 2.41. The van der Waals surface area contributed by atoms with Crippen LogP contribution in [0.1, 0.15) is 45.7 Å². The van der Waals surface area contributed by atoms with Gasteiger partial charge in [-0.25, -0.2) is 0 Å². The SMILES string of the molecule is Cc1cc(C)c2c(c1)OC(=O)CC2c1ccc(C)c(C)c1. The normalized spacial score (nSPS) is 17.3. The molecule has 1 heterocycles. The molecule has 1 unspecified atom stereocenters. The van der Waals surface area contributed by atoms with Crippen molar-refractivity contribution < 1.29 is 9.53 Å². The number of esters is 1. The number of aryl methyl sites for hydroxylation is 4. The molecule has 3 rings (SSSR count). The summed E-state index contributed by atoms with van der Waals surface area (Å²) in [5.41, 5.74) is 7.21. The lowest BCUT2D eigenvalue weighted by molar-refractivity contribution is -0.135. The maximum Gasteiger partial charge on any atom is 0.312 e. The van der Waals surface area contributed by atoms with Crippen LogP contribution < -0.4 is 4.74 Å². The number of benzene rings is 2. The zero-order valence-corrected chi connectivity index (χ0v) is 13.0. The number of hydrogen-bond acceptors (Lipinski definition) is 2. The van der Waals surface area contributed by atoms with Gasteiger partial charge in [0, 0.05) is 11.5 Å². The predicted molar refractivity (Wildman–Crippen MR) is 83.9 cm³/mol. The molecule has 2 heteroatoms. The lowest BCUT2D eigenvalue weighted by Crippen LogP contribution is -2.22. The minimum atomic E-state index is -0.143. The summed E-state index contributed by atoms with van der Waals surface area (Å²) in [7, 11) is 0. The monoisotopic (exact) mass is 280 g/mol. The molecule has 1 aliphatic heterocycles. The van der Waals surface area contributed by atoms with Crippen LogP contribution in [0.25, 0.3) is 0 Å². The second-order valence-corrected chi connectivity index (χ2v) is 6.07. The number of fused-ring (bicyclic) bond motifs is 1. The minimum Gasteiger partial charge on any atom is -0.426 e. The molecule has 0 amide bonds. The van der Waals surface area contributed by atoms with E-state index in [0.717, 1.165) is 16.9 Å². The van der Waals surface area contributed by atoms with E-state index in [2.05, 4.69) is 45.0 Å². The highest BCUT2D eigenvalue weighted by Gasteiger charge is 2.30. The van der Waals surface area contributed by atoms with E-state index in [1.165, 1.54) is 22.3 Å². The smallest absolute Gasteiger partial charge is 0.312 e. The van der Waals surface area contributed by atoms with Gasteiger partial charge in [0.15, 0.2) is 0 Å². The Balaban J connectivity index is 2.16. The van der Waals surface area contributed by atoms with Gasteiger partial charge in [0.25, 0.3) is 0 Å². The molecule has 0 aliphatic carbocycles. The first-order valence-electron chi connectivity index (χ1n) is 7.34. The third-order valence-corrected chi connectivity index (χ3v) is 4.37. The van der Waals surface area contributed by atoms with Crippen molar-refractivity contribution in [1.82, 2.24) is 0 Å². The molecule has 0 saturated carbocycles. The van der Waals surface area contributed by atoms with Crippen LogP contribution in [-0.4, -0.2) is 5.97 Å². The summed E-state index contributed by atoms with van der Waals surface area (Å²) in [5.74, 6) is 0.684. The average molecular weight is 280 g/mol. The van der Waals surface area contributed by atoms with E-state index in [1.54, 1.807) is 0 Å². The fraction of sp³-hybridized carbons (Fsp3) is 0.316. The van der Waals surface area contributed by atoms with Gasteiger partial charge in [-0.15, -0.1) is 0 Å². The molecular formula is C19H20O2. The first-order valence-corrected chi connectivity index (χ1v) is 7.34. The van der Waals surface area contributed by atoms with Gasteiger partial charge in [-0.05, 0) is 61.6 Å². The number of carbonyl (C=O) groups is 1. The van der Waals surface area contributed by atoms with Crippen molar-refractivity contribution in [3.05, 3.63) is 63.7 Å². The summed E-state index contributed by atoms with van der Waals surface area (Å²) >= 11 is 0. The summed E-state index contributed by atoms with van der Waals surface area (Å²) in [6.07, 6.45) is 0.416. The lowest BCUT2D eigenvalue weighted by atomic mass is 9.82. The summed E-state index contributed by atoms with van der Waals surface area (Å²) in [6, 6.07) is 10.6. The van der Waals surface area contributed by atoms with E-state index in [9.17, 15) is 4.79 Å². The van der Waals surface area contributed by atoms with Crippen molar-refractivity contribution in [3.8, 4) is 5.75 Å². The van der Waals surface area contributed by atoms with Crippen LogP contribution in [0.5, 0.6) is 5.75 Å². The Morgan fingerprint density at radius 1 is 0.952 bits per heavy atom. The van der Waals surface area contributed by atoms with Crippen molar-refractivity contribution in [2.75, 3.05) is 0 Å². The molecule has 0 bridgehead atoms. The highest BCUT2D eigenvalue weighted by atomic mass is 16.5. The molecule has 108 valence electrons. The van der Waals surface area contributed by atoms with Crippen molar-refractivity contribution in [2.24, 2.45) is 0 Å². The standard InChI is InChI=1S/C19H20O2/c1-11-7-14(4)19-16(10-18(20)21-17(19)8-11)15-6-5-12(2)13(3)9-15/h5-9,16H,10H2,1-4H3. The van der Waals surface area contributed by atoms with Gasteiger partial charge in [0.2, 0.25) is 0 Å². The van der Waals surface area contributed by atoms with E-state index in [1.807, 2.05) is 13.0 Å². The van der Waals surface area contributed by atoms with E-state index >= 15 is 0 Å². The Bertz CT molecular complexity index is 729. The Kier molecular flexibility index (Phi) is 3.32. The molecule has 21 heavy (non-hydrogen) atoms. The third kappa shape index (κ3) is 2.46. The Morgan fingerprint density at radius 3 is 2.43 bits per heavy atom. The molecular weight excluding hydrogens is 260 g/mol. The maximum absolute atomic E-state index is 12.0. The quantitative estimate of drug-likeness (QED) is 0.573. The topological polar surface area (TPSA) is 26.3 Å². The molecule has 0 radical (unpaired) electrons. The molecule has 1 aliphatic rings. The summed E-state index contributed by atoms with van der Waals surface area (Å²) in [6.45, 7) is 8.35. The van der Waals surface area contributed by atoms with Gasteiger partial charge in [0.05, 0.1) is 6.42 Å². The summed E-state index contributed by atoms with van der Waals surface area (Å²) in [5, 5.41) is 0.